The molecule has 14 nitrogen and oxygen atoms in total. The van der Waals surface area contributed by atoms with Gasteiger partial charge in [0.25, 0.3) is 11.8 Å². The second kappa shape index (κ2) is 14.9. The Morgan fingerprint density at radius 2 is 1.61 bits per heavy atom. The van der Waals surface area contributed by atoms with Gasteiger partial charge in [-0.2, -0.15) is 28.1 Å². The van der Waals surface area contributed by atoms with E-state index in [9.17, 15) is 36.0 Å². The molecule has 3 fully saturated rings. The highest BCUT2D eigenvalue weighted by Gasteiger charge is 2.62. The Morgan fingerprint density at radius 3 is 2.17 bits per heavy atom. The first-order valence-corrected chi connectivity index (χ1v) is 20.1. The van der Waals surface area contributed by atoms with Crippen molar-refractivity contribution in [3.63, 3.8) is 0 Å². The van der Waals surface area contributed by atoms with Crippen molar-refractivity contribution in [2.24, 2.45) is 5.41 Å². The molecule has 6 rings (SSSR count). The van der Waals surface area contributed by atoms with Gasteiger partial charge in [0.15, 0.2) is 6.61 Å². The van der Waals surface area contributed by atoms with Crippen LogP contribution in [0.5, 0.6) is 6.01 Å². The number of alkyl halides is 4. The summed E-state index contributed by atoms with van der Waals surface area (Å²) in [5, 5.41) is 11.5. The minimum absolute atomic E-state index is 0.0132. The number of anilines is 3. The number of carbonyl (C=O) groups excluding carboxylic acids is 3. The van der Waals surface area contributed by atoms with Crippen LogP contribution in [0.4, 0.5) is 30.8 Å². The molecule has 0 saturated heterocycles. The van der Waals surface area contributed by atoms with Gasteiger partial charge in [0.2, 0.25) is 27.8 Å². The zero-order valence-corrected chi connectivity index (χ0v) is 32.7. The van der Waals surface area contributed by atoms with Crippen LogP contribution in [0, 0.1) is 5.41 Å². The van der Waals surface area contributed by atoms with Crippen LogP contribution in [0.2, 0.25) is 5.02 Å². The van der Waals surface area contributed by atoms with Crippen LogP contribution in [-0.4, -0.2) is 75.1 Å². The lowest BCUT2D eigenvalue weighted by molar-refractivity contribution is -0.154. The zero-order valence-electron chi connectivity index (χ0n) is 29.0. The van der Waals surface area contributed by atoms with Gasteiger partial charge in [-0.25, -0.2) is 8.42 Å². The molecule has 20 heteroatoms. The van der Waals surface area contributed by atoms with E-state index in [0.29, 0.717) is 23.6 Å². The van der Waals surface area contributed by atoms with Crippen LogP contribution in [0.15, 0.2) is 48.5 Å². The van der Waals surface area contributed by atoms with Crippen LogP contribution in [0.25, 0.3) is 0 Å². The molecule has 3 saturated carbocycles. The number of rotatable bonds is 15. The average molecular weight is 905 g/mol. The highest BCUT2D eigenvalue weighted by atomic mass is 127. The van der Waals surface area contributed by atoms with Crippen molar-refractivity contribution in [1.29, 1.82) is 0 Å². The van der Waals surface area contributed by atoms with Crippen LogP contribution < -0.4 is 30.7 Å². The molecule has 3 aliphatic carbocycles. The quantitative estimate of drug-likeness (QED) is 0.100. The van der Waals surface area contributed by atoms with Gasteiger partial charge in [0.1, 0.15) is 5.54 Å². The lowest BCUT2D eigenvalue weighted by Crippen LogP contribution is -2.57. The molecular weight excluding hydrogens is 868 g/mol. The molecule has 0 radical (unpaired) electrons. The molecule has 54 heavy (non-hydrogen) atoms. The SMILES string of the molecule is CC(C)(CNC(=O)c1ccc(Nc2nc(NC3(c4ccc(Cl)cc4)CC3)nc(OCC(F)(F)F)n2)cc1)C(=O)N[C@]1(C(=O)NS(=O)(=O)C2CCC2)C[C@H]1I. The molecule has 0 spiro atoms. The highest BCUT2D eigenvalue weighted by Crippen LogP contribution is 2.48. The molecule has 5 N–H and O–H groups in total. The van der Waals surface area contributed by atoms with Crippen LogP contribution in [0.3, 0.4) is 0 Å². The maximum Gasteiger partial charge on any atom is 0.422 e. The summed E-state index contributed by atoms with van der Waals surface area (Å²) >= 11 is 8.03. The lowest BCUT2D eigenvalue weighted by atomic mass is 9.91. The van der Waals surface area contributed by atoms with Crippen LogP contribution >= 0.6 is 34.2 Å². The summed E-state index contributed by atoms with van der Waals surface area (Å²) in [4.78, 5) is 51.8. The van der Waals surface area contributed by atoms with Crippen LogP contribution in [-0.2, 0) is 25.2 Å². The van der Waals surface area contributed by atoms with E-state index in [0.717, 1.165) is 24.8 Å². The molecule has 0 bridgehead atoms. The molecule has 3 amide bonds. The fourth-order valence-electron chi connectivity index (χ4n) is 5.59. The summed E-state index contributed by atoms with van der Waals surface area (Å²) in [5.74, 6) is -1.94. The number of hydrogen-bond donors (Lipinski definition) is 5. The number of aromatic nitrogens is 3. The number of nitrogens with zero attached hydrogens (tertiary/aromatic N) is 3. The average Bonchev–Trinajstić information content (AvgIpc) is 3.98. The molecule has 2 atom stereocenters. The van der Waals surface area contributed by atoms with Gasteiger partial charge >= 0.3 is 12.2 Å². The van der Waals surface area contributed by atoms with Gasteiger partial charge in [-0.1, -0.05) is 52.7 Å². The number of benzene rings is 2. The second-order valence-electron chi connectivity index (χ2n) is 14.3. The summed E-state index contributed by atoms with van der Waals surface area (Å²) in [6.07, 6.45) is -1.18. The number of ether oxygens (including phenoxy) is 1. The summed E-state index contributed by atoms with van der Waals surface area (Å²) in [7, 11) is -3.83. The number of amides is 3. The molecule has 0 unspecified atom stereocenters. The van der Waals surface area contributed by atoms with Gasteiger partial charge in [-0.3, -0.25) is 19.1 Å². The predicted molar refractivity (Wildman–Crippen MR) is 201 cm³/mol. The third kappa shape index (κ3) is 9.27. The van der Waals surface area contributed by atoms with E-state index >= 15 is 0 Å². The summed E-state index contributed by atoms with van der Waals surface area (Å²) in [6.45, 7) is 1.45. The second-order valence-corrected chi connectivity index (χ2v) is 18.2. The van der Waals surface area contributed by atoms with Crippen molar-refractivity contribution in [2.45, 2.75) is 78.8 Å². The molecule has 0 aliphatic heterocycles. The van der Waals surface area contributed by atoms with Gasteiger partial charge in [-0.15, -0.1) is 0 Å². The van der Waals surface area contributed by atoms with Crippen molar-refractivity contribution < 1.29 is 40.7 Å². The fraction of sp³-hybridized carbons (Fsp3) is 0.471. The Morgan fingerprint density at radius 1 is 0.981 bits per heavy atom. The highest BCUT2D eigenvalue weighted by molar-refractivity contribution is 14.1. The Kier molecular flexibility index (Phi) is 11.0. The number of sulfonamides is 1. The van der Waals surface area contributed by atoms with E-state index < -0.39 is 68.3 Å². The molecule has 3 aromatic rings. The summed E-state index contributed by atoms with van der Waals surface area (Å²) in [6, 6.07) is 12.6. The van der Waals surface area contributed by atoms with Gasteiger partial charge in [0.05, 0.1) is 16.2 Å². The normalized spacial score (nSPS) is 20.5. The summed E-state index contributed by atoms with van der Waals surface area (Å²) in [5.41, 5.74) is -1.56. The van der Waals surface area contributed by atoms with Gasteiger partial charge < -0.3 is 26.0 Å². The smallest absolute Gasteiger partial charge is 0.422 e. The van der Waals surface area contributed by atoms with Crippen molar-refractivity contribution in [3.05, 3.63) is 64.7 Å². The molecule has 290 valence electrons. The zero-order chi connectivity index (χ0) is 39.1. The largest absolute Gasteiger partial charge is 0.454 e. The van der Waals surface area contributed by atoms with E-state index in [4.69, 9.17) is 16.3 Å². The molecular formula is C34H37ClF3IN8O6S. The number of halogens is 5. The van der Waals surface area contributed by atoms with Gasteiger partial charge in [0, 0.05) is 26.7 Å². The van der Waals surface area contributed by atoms with E-state index in [1.807, 2.05) is 34.7 Å². The Bertz CT molecular complexity index is 2030. The number of nitrogens with one attached hydrogen (secondary N) is 5. The molecule has 1 heterocycles. The first-order valence-electron chi connectivity index (χ1n) is 17.0. The first kappa shape index (κ1) is 39.7. The van der Waals surface area contributed by atoms with E-state index in [1.165, 1.54) is 24.3 Å². The Hall–Kier alpha value is -3.98. The lowest BCUT2D eigenvalue weighted by Gasteiger charge is -2.29. The van der Waals surface area contributed by atoms with E-state index in [2.05, 4.69) is 40.9 Å². The molecule has 3 aliphatic rings. The van der Waals surface area contributed by atoms with E-state index in [1.54, 1.807) is 26.0 Å². The standard InChI is InChI=1S/C34H37ClF3IN8O6S/c1-31(2,26(49)45-33(16-24(33)39)27(50)47-54(51,52)23-4-3-5-23)17-40-25(48)19-6-12-22(13-7-19)41-28-42-29(44-30(43-28)53-18-34(36,37)38)46-32(14-15-32)20-8-10-21(35)11-9-20/h6-13,23-24H,3-5,14-18H2,1-2H3,(H,40,48)(H,45,49)(H,47,50)(H2,41,42,43,44,46)/t24-,33-/m1/s1. The minimum Gasteiger partial charge on any atom is -0.454 e. The minimum atomic E-state index is -4.63. The fourth-order valence-corrected chi connectivity index (χ4v) is 8.41. The maximum atomic E-state index is 13.3. The van der Waals surface area contributed by atoms with Crippen molar-refractivity contribution in [2.75, 3.05) is 23.8 Å². The number of carbonyl (C=O) groups is 3. The molecule has 1 aromatic heterocycles. The summed E-state index contributed by atoms with van der Waals surface area (Å²) < 4.78 is 70.6. The maximum absolute atomic E-state index is 13.3. The first-order chi connectivity index (χ1) is 25.3. The van der Waals surface area contributed by atoms with E-state index in [-0.39, 0.29) is 34.4 Å². The van der Waals surface area contributed by atoms with Crippen molar-refractivity contribution in [1.82, 2.24) is 30.3 Å². The Balaban J connectivity index is 1.07. The van der Waals surface area contributed by atoms with Crippen LogP contribution in [0.1, 0.15) is 68.3 Å². The topological polar surface area (TPSA) is 193 Å². The van der Waals surface area contributed by atoms with Crippen molar-refractivity contribution >= 4 is 79.5 Å². The van der Waals surface area contributed by atoms with Crippen molar-refractivity contribution in [3.8, 4) is 6.01 Å². The molecule has 2 aromatic carbocycles. The third-order valence-electron chi connectivity index (χ3n) is 9.53. The van der Waals surface area contributed by atoms with Gasteiger partial charge in [-0.05, 0) is 87.9 Å². The number of hydrogen-bond acceptors (Lipinski definition) is 11. The Labute approximate surface area is 327 Å². The monoisotopic (exact) mass is 904 g/mol. The third-order valence-corrected chi connectivity index (χ3v) is 13.1. The predicted octanol–water partition coefficient (Wildman–Crippen LogP) is 5.13.